The molecule has 3 fully saturated rings. The minimum absolute atomic E-state index is 0.170. The number of benzene rings is 1. The van der Waals surface area contributed by atoms with Crippen molar-refractivity contribution in [3.05, 3.63) is 35.9 Å². The normalized spacial score (nSPS) is 21.7. The molecular formula is C27H35N9O2. The van der Waals surface area contributed by atoms with Gasteiger partial charge in [0.1, 0.15) is 11.6 Å². The van der Waals surface area contributed by atoms with Gasteiger partial charge >= 0.3 is 0 Å². The molecule has 0 spiro atoms. The number of rotatable bonds is 6. The zero-order valence-corrected chi connectivity index (χ0v) is 22.1. The first-order chi connectivity index (χ1) is 18.6. The Morgan fingerprint density at radius 3 is 2.55 bits per heavy atom. The fourth-order valence-corrected chi connectivity index (χ4v) is 6.06. The van der Waals surface area contributed by atoms with Gasteiger partial charge in [-0.3, -0.25) is 14.4 Å². The van der Waals surface area contributed by atoms with Gasteiger partial charge in [-0.05, 0) is 18.6 Å². The van der Waals surface area contributed by atoms with Crippen LogP contribution in [-0.4, -0.2) is 109 Å². The Labute approximate surface area is 221 Å². The van der Waals surface area contributed by atoms with Crippen LogP contribution < -0.4 is 4.90 Å². The van der Waals surface area contributed by atoms with Gasteiger partial charge in [0.15, 0.2) is 17.0 Å². The summed E-state index contributed by atoms with van der Waals surface area (Å²) in [4.78, 5) is 27.3. The summed E-state index contributed by atoms with van der Waals surface area (Å²) in [5, 5.41) is 9.90. The lowest BCUT2D eigenvalue weighted by Gasteiger charge is -2.43. The van der Waals surface area contributed by atoms with E-state index in [0.29, 0.717) is 25.2 Å². The maximum Gasteiger partial charge on any atom is 0.239 e. The summed E-state index contributed by atoms with van der Waals surface area (Å²) in [6.07, 6.45) is 1.50. The molecule has 6 heterocycles. The summed E-state index contributed by atoms with van der Waals surface area (Å²) >= 11 is 0. The highest BCUT2D eigenvalue weighted by Crippen LogP contribution is 2.29. The van der Waals surface area contributed by atoms with Crippen molar-refractivity contribution >= 4 is 28.0 Å². The topological polar surface area (TPSA) is 101 Å². The third kappa shape index (κ3) is 4.05. The molecule has 3 aliphatic heterocycles. The highest BCUT2D eigenvalue weighted by molar-refractivity contribution is 5.86. The largest absolute Gasteiger partial charge is 0.392 e. The highest BCUT2D eigenvalue weighted by Gasteiger charge is 2.36. The average molecular weight is 518 g/mol. The standard InChI is InChI=1S/C27H35N9O2/c1-3-22-28-20-6-4-5-7-21(20)36(22)27-30-25-24(26(31-27)34-10-12-38-13-11-34)29-23(32(25)2)17-33-14-18(15-33)35-9-8-19(37)16-35/h4-7,18-19,37H,3,8-17H2,1-2H3/t19-/m0/s1. The predicted molar refractivity (Wildman–Crippen MR) is 145 cm³/mol. The van der Waals surface area contributed by atoms with Crippen LogP contribution in [0.1, 0.15) is 25.0 Å². The van der Waals surface area contributed by atoms with Gasteiger partial charge in [0.05, 0.1) is 36.9 Å². The highest BCUT2D eigenvalue weighted by atomic mass is 16.5. The molecule has 0 aliphatic carbocycles. The SMILES string of the molecule is CCc1nc2ccccc2n1-c1nc(N2CCOCC2)c2nc(CN3CC(N4CC[C@H](O)C4)C3)n(C)c2n1. The number of hydrogen-bond donors (Lipinski definition) is 1. The van der Waals surface area contributed by atoms with Crippen molar-refractivity contribution in [2.75, 3.05) is 57.4 Å². The molecule has 11 heteroatoms. The first kappa shape index (κ1) is 24.0. The number of β-amino-alcohol motifs (C(OH)–C–C–N with tert-alkyl or cyclic N) is 1. The number of aliphatic hydroxyl groups excluding tert-OH is 1. The van der Waals surface area contributed by atoms with Crippen molar-refractivity contribution in [1.29, 1.82) is 0 Å². The zero-order valence-electron chi connectivity index (χ0n) is 22.1. The van der Waals surface area contributed by atoms with Crippen LogP contribution in [0, 0.1) is 0 Å². The summed E-state index contributed by atoms with van der Waals surface area (Å²) in [5.74, 6) is 3.44. The lowest BCUT2D eigenvalue weighted by atomic mass is 10.1. The maximum absolute atomic E-state index is 9.90. The van der Waals surface area contributed by atoms with E-state index < -0.39 is 0 Å². The van der Waals surface area contributed by atoms with Crippen molar-refractivity contribution < 1.29 is 9.84 Å². The number of ether oxygens (including phenoxy) is 1. The van der Waals surface area contributed by atoms with E-state index in [2.05, 4.69) is 43.9 Å². The minimum atomic E-state index is -0.170. The van der Waals surface area contributed by atoms with Crippen LogP contribution in [0.4, 0.5) is 5.82 Å². The van der Waals surface area contributed by atoms with Gasteiger partial charge in [-0.25, -0.2) is 9.97 Å². The summed E-state index contributed by atoms with van der Waals surface area (Å²) in [6, 6.07) is 8.70. The van der Waals surface area contributed by atoms with E-state index in [1.807, 2.05) is 18.2 Å². The van der Waals surface area contributed by atoms with Crippen LogP contribution in [-0.2, 0) is 24.8 Å². The van der Waals surface area contributed by atoms with Crippen LogP contribution in [0.5, 0.6) is 0 Å². The molecule has 0 unspecified atom stereocenters. The van der Waals surface area contributed by atoms with E-state index in [0.717, 1.165) is 98.3 Å². The number of anilines is 1. The van der Waals surface area contributed by atoms with E-state index in [1.54, 1.807) is 0 Å². The number of nitrogens with zero attached hydrogens (tertiary/aromatic N) is 9. The van der Waals surface area contributed by atoms with Crippen molar-refractivity contribution in [2.24, 2.45) is 7.05 Å². The Balaban J connectivity index is 1.26. The monoisotopic (exact) mass is 517 g/mol. The molecule has 0 radical (unpaired) electrons. The number of hydrogen-bond acceptors (Lipinski definition) is 9. The van der Waals surface area contributed by atoms with Gasteiger partial charge in [0.25, 0.3) is 0 Å². The van der Waals surface area contributed by atoms with Crippen molar-refractivity contribution in [3.8, 4) is 5.95 Å². The Morgan fingerprint density at radius 2 is 1.79 bits per heavy atom. The van der Waals surface area contributed by atoms with E-state index in [-0.39, 0.29) is 6.10 Å². The van der Waals surface area contributed by atoms with Crippen molar-refractivity contribution in [1.82, 2.24) is 38.9 Å². The molecule has 3 saturated heterocycles. The maximum atomic E-state index is 9.90. The Hall–Kier alpha value is -3.12. The first-order valence-electron chi connectivity index (χ1n) is 13.8. The number of imidazole rings is 2. The molecule has 3 aromatic heterocycles. The number of para-hydroxylation sites is 2. The zero-order chi connectivity index (χ0) is 25.8. The molecule has 1 N–H and O–H groups in total. The molecular weight excluding hydrogens is 482 g/mol. The summed E-state index contributed by atoms with van der Waals surface area (Å²) < 4.78 is 9.86. The van der Waals surface area contributed by atoms with E-state index in [4.69, 9.17) is 24.7 Å². The number of aryl methyl sites for hydroxylation is 2. The van der Waals surface area contributed by atoms with Gasteiger partial charge < -0.3 is 19.3 Å². The summed E-state index contributed by atoms with van der Waals surface area (Å²) in [5.41, 5.74) is 3.64. The lowest BCUT2D eigenvalue weighted by molar-refractivity contribution is 0.0326. The minimum Gasteiger partial charge on any atom is -0.392 e. The fourth-order valence-electron chi connectivity index (χ4n) is 6.06. The molecule has 11 nitrogen and oxygen atoms in total. The first-order valence-corrected chi connectivity index (χ1v) is 13.8. The summed E-state index contributed by atoms with van der Waals surface area (Å²) in [7, 11) is 2.06. The van der Waals surface area contributed by atoms with Gasteiger partial charge in [-0.2, -0.15) is 9.97 Å². The van der Waals surface area contributed by atoms with Crippen LogP contribution >= 0.6 is 0 Å². The quantitative estimate of drug-likeness (QED) is 0.406. The molecule has 0 bridgehead atoms. The number of morpholine rings is 1. The fraction of sp³-hybridized carbons (Fsp3) is 0.556. The second-order valence-electron chi connectivity index (χ2n) is 10.7. The predicted octanol–water partition coefficient (Wildman–Crippen LogP) is 1.35. The molecule has 0 saturated carbocycles. The van der Waals surface area contributed by atoms with Gasteiger partial charge in [0, 0.05) is 58.8 Å². The van der Waals surface area contributed by atoms with Gasteiger partial charge in [-0.15, -0.1) is 0 Å². The van der Waals surface area contributed by atoms with E-state index in [1.165, 1.54) is 0 Å². The number of aliphatic hydroxyl groups is 1. The Bertz CT molecular complexity index is 1470. The van der Waals surface area contributed by atoms with Crippen molar-refractivity contribution in [3.63, 3.8) is 0 Å². The number of aromatic nitrogens is 6. The van der Waals surface area contributed by atoms with Crippen LogP contribution in [0.2, 0.25) is 0 Å². The molecule has 38 heavy (non-hydrogen) atoms. The number of fused-ring (bicyclic) bond motifs is 2. The molecule has 7 rings (SSSR count). The third-order valence-corrected chi connectivity index (χ3v) is 8.25. The van der Waals surface area contributed by atoms with Gasteiger partial charge in [0.2, 0.25) is 5.95 Å². The molecule has 4 aromatic rings. The Morgan fingerprint density at radius 1 is 0.974 bits per heavy atom. The average Bonchev–Trinajstić information content (AvgIpc) is 3.61. The summed E-state index contributed by atoms with van der Waals surface area (Å²) in [6.45, 7) is 9.59. The molecule has 200 valence electrons. The Kier molecular flexibility index (Phi) is 6.03. The molecule has 1 atom stereocenters. The second kappa shape index (κ2) is 9.57. The van der Waals surface area contributed by atoms with Crippen molar-refractivity contribution in [2.45, 2.75) is 38.5 Å². The molecule has 1 aromatic carbocycles. The lowest BCUT2D eigenvalue weighted by Crippen LogP contribution is -2.58. The molecule has 3 aliphatic rings. The van der Waals surface area contributed by atoms with E-state index in [9.17, 15) is 5.11 Å². The van der Waals surface area contributed by atoms with Crippen LogP contribution in [0.15, 0.2) is 24.3 Å². The van der Waals surface area contributed by atoms with E-state index >= 15 is 0 Å². The van der Waals surface area contributed by atoms with Gasteiger partial charge in [-0.1, -0.05) is 19.1 Å². The molecule has 0 amide bonds. The van der Waals surface area contributed by atoms with Crippen LogP contribution in [0.25, 0.3) is 28.1 Å². The number of likely N-dealkylation sites (tertiary alicyclic amines) is 2. The van der Waals surface area contributed by atoms with Crippen LogP contribution in [0.3, 0.4) is 0 Å². The smallest absolute Gasteiger partial charge is 0.239 e. The second-order valence-corrected chi connectivity index (χ2v) is 10.7. The third-order valence-electron chi connectivity index (χ3n) is 8.25.